The third-order valence-corrected chi connectivity index (χ3v) is 6.32. The van der Waals surface area contributed by atoms with Gasteiger partial charge in [0.2, 0.25) is 5.91 Å². The van der Waals surface area contributed by atoms with Gasteiger partial charge in [0.1, 0.15) is 23.2 Å². The first-order valence-corrected chi connectivity index (χ1v) is 11.2. The maximum Gasteiger partial charge on any atom is 0.239 e. The molecule has 0 unspecified atom stereocenters. The van der Waals surface area contributed by atoms with Gasteiger partial charge in [-0.05, 0) is 55.7 Å². The molecule has 0 saturated heterocycles. The van der Waals surface area contributed by atoms with Gasteiger partial charge in [-0.2, -0.15) is 0 Å². The fourth-order valence-electron chi connectivity index (χ4n) is 4.28. The average molecular weight is 434 g/mol. The number of aryl methyl sites for hydroxylation is 1. The molecule has 1 aromatic heterocycles. The smallest absolute Gasteiger partial charge is 0.239 e. The van der Waals surface area contributed by atoms with E-state index in [2.05, 4.69) is 22.0 Å². The predicted octanol–water partition coefficient (Wildman–Crippen LogP) is 4.21. The molecule has 2 aromatic carbocycles. The van der Waals surface area contributed by atoms with Gasteiger partial charge in [0.05, 0.1) is 12.6 Å². The fourth-order valence-corrected chi connectivity index (χ4v) is 4.28. The van der Waals surface area contributed by atoms with Crippen LogP contribution in [0.15, 0.2) is 48.5 Å². The van der Waals surface area contributed by atoms with Crippen LogP contribution in [0.4, 0.5) is 15.9 Å². The Kier molecular flexibility index (Phi) is 5.43. The van der Waals surface area contributed by atoms with E-state index in [4.69, 9.17) is 10.7 Å². The van der Waals surface area contributed by atoms with Gasteiger partial charge in [0.15, 0.2) is 0 Å². The highest BCUT2D eigenvalue weighted by Gasteiger charge is 2.32. The standard InChI is InChI=1S/C25H28FN5O/c1-16-2-10-20(11-3-16)28-24-23(18-6-8-19(26)9-7-18)29-22-15-30(12-13-31(22)24)25(32)21(27)14-17-4-5-17/h2-3,6-11,17,21,28H,4-5,12-15,27H2,1H3/t21-/m0/s1. The molecule has 6 nitrogen and oxygen atoms in total. The normalized spacial score (nSPS) is 16.5. The van der Waals surface area contributed by atoms with Gasteiger partial charge >= 0.3 is 0 Å². The van der Waals surface area contributed by atoms with Crippen LogP contribution in [-0.4, -0.2) is 32.9 Å². The number of imidazole rings is 1. The van der Waals surface area contributed by atoms with Crippen molar-refractivity contribution in [3.05, 3.63) is 65.7 Å². The number of benzene rings is 2. The van der Waals surface area contributed by atoms with E-state index in [1.165, 1.54) is 30.5 Å². The zero-order valence-corrected chi connectivity index (χ0v) is 18.2. The van der Waals surface area contributed by atoms with Crippen molar-refractivity contribution in [3.8, 4) is 11.3 Å². The number of carbonyl (C=O) groups excluding carboxylic acids is 1. The van der Waals surface area contributed by atoms with Gasteiger partial charge in [-0.15, -0.1) is 0 Å². The largest absolute Gasteiger partial charge is 0.340 e. The van der Waals surface area contributed by atoms with E-state index in [9.17, 15) is 9.18 Å². The number of nitrogens with one attached hydrogen (secondary N) is 1. The van der Waals surface area contributed by atoms with Crippen molar-refractivity contribution < 1.29 is 9.18 Å². The van der Waals surface area contributed by atoms with E-state index in [1.807, 2.05) is 24.0 Å². The van der Waals surface area contributed by atoms with Crippen molar-refractivity contribution in [2.24, 2.45) is 11.7 Å². The topological polar surface area (TPSA) is 76.2 Å². The Hall–Kier alpha value is -3.19. The van der Waals surface area contributed by atoms with E-state index in [0.29, 0.717) is 25.6 Å². The molecule has 0 bridgehead atoms. The molecule has 32 heavy (non-hydrogen) atoms. The number of halogens is 1. The van der Waals surface area contributed by atoms with Gasteiger partial charge in [0.25, 0.3) is 0 Å². The number of aromatic nitrogens is 2. The zero-order chi connectivity index (χ0) is 22.2. The number of nitrogens with two attached hydrogens (primary N) is 1. The summed E-state index contributed by atoms with van der Waals surface area (Å²) in [5.41, 5.74) is 9.90. The quantitative estimate of drug-likeness (QED) is 0.611. The molecule has 1 amide bonds. The number of anilines is 2. The Bertz CT molecular complexity index is 1120. The van der Waals surface area contributed by atoms with Gasteiger partial charge in [-0.3, -0.25) is 4.79 Å². The summed E-state index contributed by atoms with van der Waals surface area (Å²) in [6.07, 6.45) is 3.13. The third-order valence-electron chi connectivity index (χ3n) is 6.32. The van der Waals surface area contributed by atoms with Crippen LogP contribution in [0.2, 0.25) is 0 Å². The minimum atomic E-state index is -0.439. The number of nitrogens with zero attached hydrogens (tertiary/aromatic N) is 3. The van der Waals surface area contributed by atoms with Crippen LogP contribution in [0.25, 0.3) is 11.3 Å². The Morgan fingerprint density at radius 1 is 1.16 bits per heavy atom. The molecular formula is C25H28FN5O. The first kappa shape index (κ1) is 20.7. The summed E-state index contributed by atoms with van der Waals surface area (Å²) < 4.78 is 15.6. The molecule has 3 aromatic rings. The van der Waals surface area contributed by atoms with Crippen LogP contribution in [0.1, 0.15) is 30.7 Å². The predicted molar refractivity (Wildman–Crippen MR) is 123 cm³/mol. The molecular weight excluding hydrogens is 405 g/mol. The second kappa shape index (κ2) is 8.39. The lowest BCUT2D eigenvalue weighted by Gasteiger charge is -2.30. The van der Waals surface area contributed by atoms with Crippen LogP contribution in [0.5, 0.6) is 0 Å². The molecule has 0 spiro atoms. The summed E-state index contributed by atoms with van der Waals surface area (Å²) in [5, 5.41) is 3.50. The summed E-state index contributed by atoms with van der Waals surface area (Å²) in [5.74, 6) is 1.98. The molecule has 1 aliphatic carbocycles. The van der Waals surface area contributed by atoms with E-state index < -0.39 is 6.04 Å². The molecule has 3 N–H and O–H groups in total. The summed E-state index contributed by atoms with van der Waals surface area (Å²) in [6.45, 7) is 3.68. The van der Waals surface area contributed by atoms with Gasteiger partial charge in [-0.25, -0.2) is 9.37 Å². The molecule has 1 saturated carbocycles. The Balaban J connectivity index is 1.46. The summed E-state index contributed by atoms with van der Waals surface area (Å²) in [7, 11) is 0. The van der Waals surface area contributed by atoms with Crippen molar-refractivity contribution in [3.63, 3.8) is 0 Å². The molecule has 7 heteroatoms. The van der Waals surface area contributed by atoms with E-state index >= 15 is 0 Å². The second-order valence-electron chi connectivity index (χ2n) is 8.92. The number of hydrogen-bond acceptors (Lipinski definition) is 4. The lowest BCUT2D eigenvalue weighted by molar-refractivity contribution is -0.134. The minimum absolute atomic E-state index is 0.00234. The maximum absolute atomic E-state index is 13.5. The van der Waals surface area contributed by atoms with Crippen molar-refractivity contribution in [1.29, 1.82) is 0 Å². The number of rotatable bonds is 6. The average Bonchev–Trinajstić information content (AvgIpc) is 3.54. The second-order valence-corrected chi connectivity index (χ2v) is 8.92. The van der Waals surface area contributed by atoms with Crippen LogP contribution in [-0.2, 0) is 17.9 Å². The number of fused-ring (bicyclic) bond motifs is 1. The number of amides is 1. The van der Waals surface area contributed by atoms with Crippen LogP contribution in [0, 0.1) is 18.7 Å². The zero-order valence-electron chi connectivity index (χ0n) is 18.2. The van der Waals surface area contributed by atoms with Crippen molar-refractivity contribution in [1.82, 2.24) is 14.5 Å². The molecule has 166 valence electrons. The molecule has 0 radical (unpaired) electrons. The number of carbonyl (C=O) groups is 1. The van der Waals surface area contributed by atoms with Crippen LogP contribution < -0.4 is 11.1 Å². The van der Waals surface area contributed by atoms with E-state index in [0.717, 1.165) is 35.0 Å². The van der Waals surface area contributed by atoms with Gasteiger partial charge in [-0.1, -0.05) is 30.5 Å². The Morgan fingerprint density at radius 2 is 1.88 bits per heavy atom. The van der Waals surface area contributed by atoms with Crippen LogP contribution >= 0.6 is 0 Å². The van der Waals surface area contributed by atoms with Crippen molar-refractivity contribution in [2.75, 3.05) is 11.9 Å². The monoisotopic (exact) mass is 433 g/mol. The van der Waals surface area contributed by atoms with Gasteiger partial charge in [0, 0.05) is 24.3 Å². The first-order valence-electron chi connectivity index (χ1n) is 11.2. The van der Waals surface area contributed by atoms with Crippen molar-refractivity contribution >= 4 is 17.4 Å². The Labute approximate surface area is 187 Å². The molecule has 1 atom stereocenters. The summed E-state index contributed by atoms with van der Waals surface area (Å²) in [4.78, 5) is 19.6. The Morgan fingerprint density at radius 3 is 2.56 bits per heavy atom. The van der Waals surface area contributed by atoms with Crippen molar-refractivity contribution in [2.45, 2.75) is 45.3 Å². The lowest BCUT2D eigenvalue weighted by Crippen LogP contribution is -2.47. The van der Waals surface area contributed by atoms with Crippen LogP contribution in [0.3, 0.4) is 0 Å². The third kappa shape index (κ3) is 4.25. The highest BCUT2D eigenvalue weighted by molar-refractivity contribution is 5.82. The van der Waals surface area contributed by atoms with E-state index in [1.54, 1.807) is 12.1 Å². The van der Waals surface area contributed by atoms with E-state index in [-0.39, 0.29) is 11.7 Å². The SMILES string of the molecule is Cc1ccc(Nc2c(-c3ccc(F)cc3)nc3n2CCN(C(=O)[C@@H](N)CC2CC2)C3)cc1. The maximum atomic E-state index is 13.5. The molecule has 1 aliphatic heterocycles. The molecule has 1 fully saturated rings. The van der Waals surface area contributed by atoms with Gasteiger partial charge < -0.3 is 20.5 Å². The highest BCUT2D eigenvalue weighted by Crippen LogP contribution is 2.35. The first-order chi connectivity index (χ1) is 15.5. The lowest BCUT2D eigenvalue weighted by atomic mass is 10.1. The number of hydrogen-bond donors (Lipinski definition) is 2. The highest BCUT2D eigenvalue weighted by atomic mass is 19.1. The summed E-state index contributed by atoms with van der Waals surface area (Å²) in [6, 6.07) is 14.1. The fraction of sp³-hybridized carbons (Fsp3) is 0.360. The molecule has 5 rings (SSSR count). The minimum Gasteiger partial charge on any atom is -0.340 e. The molecule has 2 aliphatic rings. The summed E-state index contributed by atoms with van der Waals surface area (Å²) >= 11 is 0. The molecule has 2 heterocycles.